The number of hydrogen-bond acceptors (Lipinski definition) is 2. The zero-order valence-electron chi connectivity index (χ0n) is 12.3. The number of rotatable bonds is 4. The van der Waals surface area contributed by atoms with Crippen LogP contribution >= 0.6 is 0 Å². The lowest BCUT2D eigenvalue weighted by atomic mass is 10.0. The minimum absolute atomic E-state index is 0.283. The summed E-state index contributed by atoms with van der Waals surface area (Å²) >= 11 is 0. The Balaban J connectivity index is 2.16. The number of hydrogen-bond donors (Lipinski definition) is 1. The Morgan fingerprint density at radius 3 is 2.41 bits per heavy atom. The van der Waals surface area contributed by atoms with Crippen LogP contribution in [-0.2, 0) is 17.3 Å². The molecule has 0 saturated heterocycles. The van der Waals surface area contributed by atoms with Crippen molar-refractivity contribution >= 4 is 5.97 Å². The largest absolute Gasteiger partial charge is 0.461 e. The molecule has 22 heavy (non-hydrogen) atoms. The van der Waals surface area contributed by atoms with E-state index in [0.717, 1.165) is 28.8 Å². The second-order valence-electron chi connectivity index (χ2n) is 4.91. The van der Waals surface area contributed by atoms with Crippen LogP contribution in [0.1, 0.15) is 39.7 Å². The van der Waals surface area contributed by atoms with Crippen LogP contribution in [0, 0.1) is 6.92 Å². The average molecular weight is 311 g/mol. The molecular weight excluding hydrogens is 295 g/mol. The monoisotopic (exact) mass is 311 g/mol. The Bertz CT molecular complexity index is 657. The molecule has 3 nitrogen and oxygen atoms in total. The lowest BCUT2D eigenvalue weighted by Crippen LogP contribution is -2.06. The molecule has 0 aliphatic rings. The van der Waals surface area contributed by atoms with Gasteiger partial charge in [-0.1, -0.05) is 12.1 Å². The molecule has 0 fully saturated rings. The summed E-state index contributed by atoms with van der Waals surface area (Å²) in [6.07, 6.45) is -2.21. The maximum Gasteiger partial charge on any atom is 0.416 e. The standard InChI is InChI=1S/C16H16F3NO2/c1-3-22-15(21)14-10(2)12(9-20-14)8-11-4-6-13(7-5-11)16(17,18)19/h4-7,9,20H,3,8H2,1-2H3. The lowest BCUT2D eigenvalue weighted by Gasteiger charge is -2.07. The van der Waals surface area contributed by atoms with E-state index < -0.39 is 17.7 Å². The summed E-state index contributed by atoms with van der Waals surface area (Å²) < 4.78 is 42.5. The molecule has 2 aromatic rings. The summed E-state index contributed by atoms with van der Waals surface area (Å²) in [5.41, 5.74) is 2.05. The van der Waals surface area contributed by atoms with Gasteiger partial charge in [0.1, 0.15) is 5.69 Å². The minimum Gasteiger partial charge on any atom is -0.461 e. The third kappa shape index (κ3) is 3.50. The van der Waals surface area contributed by atoms with E-state index in [9.17, 15) is 18.0 Å². The van der Waals surface area contributed by atoms with Gasteiger partial charge < -0.3 is 9.72 Å². The first-order valence-corrected chi connectivity index (χ1v) is 6.83. The molecule has 1 N–H and O–H groups in total. The SMILES string of the molecule is CCOC(=O)c1[nH]cc(Cc2ccc(C(F)(F)F)cc2)c1C. The van der Waals surface area contributed by atoms with Crippen LogP contribution in [0.25, 0.3) is 0 Å². The summed E-state index contributed by atoms with van der Waals surface area (Å²) in [4.78, 5) is 14.6. The molecule has 0 spiro atoms. The van der Waals surface area contributed by atoms with Gasteiger partial charge in [-0.2, -0.15) is 13.2 Å². The van der Waals surface area contributed by atoms with Gasteiger partial charge in [0.2, 0.25) is 0 Å². The highest BCUT2D eigenvalue weighted by molar-refractivity contribution is 5.89. The third-order valence-electron chi connectivity index (χ3n) is 3.40. The number of esters is 1. The number of benzene rings is 1. The number of nitrogens with one attached hydrogen (secondary N) is 1. The molecule has 118 valence electrons. The molecule has 2 rings (SSSR count). The highest BCUT2D eigenvalue weighted by Crippen LogP contribution is 2.29. The number of carbonyl (C=O) groups is 1. The van der Waals surface area contributed by atoms with Crippen molar-refractivity contribution in [1.82, 2.24) is 4.98 Å². The van der Waals surface area contributed by atoms with E-state index in [1.54, 1.807) is 20.0 Å². The summed E-state index contributed by atoms with van der Waals surface area (Å²) in [6.45, 7) is 3.78. The Morgan fingerprint density at radius 1 is 1.23 bits per heavy atom. The van der Waals surface area contributed by atoms with Gasteiger partial charge in [0, 0.05) is 6.20 Å². The Hall–Kier alpha value is -2.24. The molecule has 6 heteroatoms. The topological polar surface area (TPSA) is 42.1 Å². The quantitative estimate of drug-likeness (QED) is 0.863. The van der Waals surface area contributed by atoms with Crippen molar-refractivity contribution in [1.29, 1.82) is 0 Å². The maximum absolute atomic E-state index is 12.5. The van der Waals surface area contributed by atoms with E-state index in [1.165, 1.54) is 12.1 Å². The van der Waals surface area contributed by atoms with E-state index in [2.05, 4.69) is 4.98 Å². The van der Waals surface area contributed by atoms with Crippen LogP contribution in [0.4, 0.5) is 13.2 Å². The molecule has 0 bridgehead atoms. The minimum atomic E-state index is -4.33. The molecule has 1 heterocycles. The van der Waals surface area contributed by atoms with Crippen LogP contribution in [0.5, 0.6) is 0 Å². The number of alkyl halides is 3. The van der Waals surface area contributed by atoms with E-state index in [-0.39, 0.29) is 6.61 Å². The fraction of sp³-hybridized carbons (Fsp3) is 0.312. The van der Waals surface area contributed by atoms with Gasteiger partial charge in [-0.3, -0.25) is 0 Å². The highest BCUT2D eigenvalue weighted by atomic mass is 19.4. The second-order valence-corrected chi connectivity index (χ2v) is 4.91. The van der Waals surface area contributed by atoms with Gasteiger partial charge in [-0.25, -0.2) is 4.79 Å². The van der Waals surface area contributed by atoms with E-state index in [4.69, 9.17) is 4.74 Å². The smallest absolute Gasteiger partial charge is 0.416 e. The fourth-order valence-corrected chi connectivity index (χ4v) is 2.17. The van der Waals surface area contributed by atoms with Gasteiger partial charge in [-0.05, 0) is 49.1 Å². The second kappa shape index (κ2) is 6.25. The molecule has 0 atom stereocenters. The Morgan fingerprint density at radius 2 is 1.86 bits per heavy atom. The maximum atomic E-state index is 12.5. The van der Waals surface area contributed by atoms with Gasteiger partial charge in [-0.15, -0.1) is 0 Å². The average Bonchev–Trinajstić information content (AvgIpc) is 2.80. The van der Waals surface area contributed by atoms with Crippen molar-refractivity contribution in [2.45, 2.75) is 26.4 Å². The van der Waals surface area contributed by atoms with Crippen LogP contribution in [-0.4, -0.2) is 17.6 Å². The first-order chi connectivity index (χ1) is 10.3. The Labute approximate surface area is 126 Å². The predicted octanol–water partition coefficient (Wildman–Crippen LogP) is 4.11. The molecule has 1 aromatic heterocycles. The van der Waals surface area contributed by atoms with Crippen LogP contribution < -0.4 is 0 Å². The van der Waals surface area contributed by atoms with Gasteiger partial charge in [0.05, 0.1) is 12.2 Å². The number of ether oxygens (including phenoxy) is 1. The lowest BCUT2D eigenvalue weighted by molar-refractivity contribution is -0.137. The van der Waals surface area contributed by atoms with Crippen LogP contribution in [0.3, 0.4) is 0 Å². The summed E-state index contributed by atoms with van der Waals surface area (Å²) in [7, 11) is 0. The van der Waals surface area contributed by atoms with E-state index in [1.807, 2.05) is 0 Å². The third-order valence-corrected chi connectivity index (χ3v) is 3.40. The van der Waals surface area contributed by atoms with Crippen molar-refractivity contribution in [3.63, 3.8) is 0 Å². The van der Waals surface area contributed by atoms with Crippen molar-refractivity contribution in [2.24, 2.45) is 0 Å². The first-order valence-electron chi connectivity index (χ1n) is 6.83. The van der Waals surface area contributed by atoms with Gasteiger partial charge in [0.15, 0.2) is 0 Å². The molecule has 0 unspecified atom stereocenters. The summed E-state index contributed by atoms with van der Waals surface area (Å²) in [5, 5.41) is 0. The van der Waals surface area contributed by atoms with Crippen LogP contribution in [0.15, 0.2) is 30.5 Å². The normalized spacial score (nSPS) is 11.5. The molecule has 0 aliphatic heterocycles. The van der Waals surface area contributed by atoms with Crippen molar-refractivity contribution in [2.75, 3.05) is 6.61 Å². The molecule has 0 amide bonds. The first kappa shape index (κ1) is 16.1. The molecule has 0 radical (unpaired) electrons. The molecular formula is C16H16F3NO2. The number of carbonyl (C=O) groups excluding carboxylic acids is 1. The number of aromatic nitrogens is 1. The predicted molar refractivity (Wildman–Crippen MR) is 75.7 cm³/mol. The van der Waals surface area contributed by atoms with Crippen molar-refractivity contribution in [3.05, 3.63) is 58.4 Å². The van der Waals surface area contributed by atoms with E-state index >= 15 is 0 Å². The van der Waals surface area contributed by atoms with E-state index in [0.29, 0.717) is 12.1 Å². The molecule has 0 saturated carbocycles. The zero-order chi connectivity index (χ0) is 16.3. The Kier molecular flexibility index (Phi) is 4.59. The number of aromatic amines is 1. The fourth-order valence-electron chi connectivity index (χ4n) is 2.17. The molecule has 0 aliphatic carbocycles. The summed E-state index contributed by atoms with van der Waals surface area (Å²) in [6, 6.07) is 5.01. The number of H-pyrrole nitrogens is 1. The van der Waals surface area contributed by atoms with Crippen molar-refractivity contribution in [3.8, 4) is 0 Å². The van der Waals surface area contributed by atoms with Gasteiger partial charge in [0.25, 0.3) is 0 Å². The number of halogens is 3. The molecule has 1 aromatic carbocycles. The van der Waals surface area contributed by atoms with Crippen LogP contribution in [0.2, 0.25) is 0 Å². The zero-order valence-corrected chi connectivity index (χ0v) is 12.3. The van der Waals surface area contributed by atoms with Crippen molar-refractivity contribution < 1.29 is 22.7 Å². The van der Waals surface area contributed by atoms with Gasteiger partial charge >= 0.3 is 12.1 Å². The summed E-state index contributed by atoms with van der Waals surface area (Å²) in [5.74, 6) is -0.432. The highest BCUT2D eigenvalue weighted by Gasteiger charge is 2.29.